The second kappa shape index (κ2) is 6.90. The van der Waals surface area contributed by atoms with Gasteiger partial charge in [0.1, 0.15) is 0 Å². The van der Waals surface area contributed by atoms with Gasteiger partial charge in [0.25, 0.3) is 0 Å². The first kappa shape index (κ1) is 15.2. The summed E-state index contributed by atoms with van der Waals surface area (Å²) in [6, 6.07) is 8.37. The van der Waals surface area contributed by atoms with Crippen molar-refractivity contribution >= 4 is 9.84 Å². The van der Waals surface area contributed by atoms with Crippen LogP contribution >= 0.6 is 0 Å². The highest BCUT2D eigenvalue weighted by atomic mass is 32.2. The van der Waals surface area contributed by atoms with Crippen molar-refractivity contribution in [2.24, 2.45) is 0 Å². The molecule has 18 heavy (non-hydrogen) atoms. The molecule has 4 heteroatoms. The van der Waals surface area contributed by atoms with E-state index in [9.17, 15) is 8.42 Å². The highest BCUT2D eigenvalue weighted by molar-refractivity contribution is 7.91. The van der Waals surface area contributed by atoms with Crippen molar-refractivity contribution in [1.82, 2.24) is 4.90 Å². The monoisotopic (exact) mass is 269 g/mol. The van der Waals surface area contributed by atoms with Gasteiger partial charge in [0.05, 0.1) is 11.5 Å². The van der Waals surface area contributed by atoms with Crippen LogP contribution < -0.4 is 0 Å². The Hall–Kier alpha value is -0.870. The summed E-state index contributed by atoms with van der Waals surface area (Å²) in [5.41, 5.74) is 2.52. The minimum absolute atomic E-state index is 0.304. The van der Waals surface area contributed by atoms with Gasteiger partial charge in [0.15, 0.2) is 9.84 Å². The summed E-state index contributed by atoms with van der Waals surface area (Å²) in [6.07, 6.45) is 0. The van der Waals surface area contributed by atoms with Crippen LogP contribution in [-0.4, -0.2) is 37.9 Å². The van der Waals surface area contributed by atoms with Crippen LogP contribution in [0, 0.1) is 6.92 Å². The molecule has 1 aliphatic heterocycles. The van der Waals surface area contributed by atoms with Gasteiger partial charge in [-0.05, 0) is 12.5 Å². The van der Waals surface area contributed by atoms with Crippen LogP contribution in [0.15, 0.2) is 24.3 Å². The van der Waals surface area contributed by atoms with Gasteiger partial charge in [0, 0.05) is 19.6 Å². The molecule has 1 aromatic carbocycles. The first-order valence-corrected chi connectivity index (χ1v) is 8.36. The van der Waals surface area contributed by atoms with E-state index in [0.29, 0.717) is 24.6 Å². The molecule has 0 aliphatic carbocycles. The van der Waals surface area contributed by atoms with E-state index in [1.807, 2.05) is 19.9 Å². The molecule has 1 heterocycles. The average Bonchev–Trinajstić information content (AvgIpc) is 2.35. The Morgan fingerprint density at radius 2 is 1.78 bits per heavy atom. The zero-order valence-corrected chi connectivity index (χ0v) is 12.3. The van der Waals surface area contributed by atoms with E-state index in [0.717, 1.165) is 6.54 Å². The molecule has 0 aromatic heterocycles. The summed E-state index contributed by atoms with van der Waals surface area (Å²) in [6.45, 7) is 8.26. The summed E-state index contributed by atoms with van der Waals surface area (Å²) in [4.78, 5) is 2.20. The van der Waals surface area contributed by atoms with Crippen molar-refractivity contribution in [3.05, 3.63) is 35.4 Å². The third-order valence-corrected chi connectivity index (χ3v) is 4.53. The van der Waals surface area contributed by atoms with Gasteiger partial charge in [-0.2, -0.15) is 0 Å². The lowest BCUT2D eigenvalue weighted by atomic mass is 10.1. The number of benzene rings is 1. The van der Waals surface area contributed by atoms with E-state index < -0.39 is 9.84 Å². The van der Waals surface area contributed by atoms with Crippen molar-refractivity contribution < 1.29 is 8.42 Å². The molecule has 0 radical (unpaired) electrons. The van der Waals surface area contributed by atoms with Gasteiger partial charge in [-0.3, -0.25) is 4.90 Å². The Morgan fingerprint density at radius 3 is 2.33 bits per heavy atom. The second-order valence-corrected chi connectivity index (χ2v) is 6.72. The van der Waals surface area contributed by atoms with Crippen LogP contribution in [0.1, 0.15) is 25.0 Å². The quantitative estimate of drug-likeness (QED) is 0.826. The lowest BCUT2D eigenvalue weighted by Gasteiger charge is -2.26. The minimum atomic E-state index is -2.76. The number of hydrogen-bond donors (Lipinski definition) is 0. The van der Waals surface area contributed by atoms with E-state index in [1.165, 1.54) is 11.1 Å². The van der Waals surface area contributed by atoms with Gasteiger partial charge < -0.3 is 0 Å². The van der Waals surface area contributed by atoms with Crippen LogP contribution in [0.2, 0.25) is 0 Å². The fourth-order valence-electron chi connectivity index (χ4n) is 1.98. The van der Waals surface area contributed by atoms with Crippen molar-refractivity contribution in [2.75, 3.05) is 24.6 Å². The minimum Gasteiger partial charge on any atom is -0.297 e. The Kier molecular flexibility index (Phi) is 5.82. The second-order valence-electron chi connectivity index (χ2n) is 4.42. The van der Waals surface area contributed by atoms with Gasteiger partial charge in [-0.15, -0.1) is 0 Å². The SMILES string of the molecule is CC.Cc1cccc(CN2CCS(=O)(=O)CC2)c1. The maximum atomic E-state index is 11.3. The topological polar surface area (TPSA) is 37.4 Å². The van der Waals surface area contributed by atoms with E-state index >= 15 is 0 Å². The summed E-state index contributed by atoms with van der Waals surface area (Å²) >= 11 is 0. The molecule has 2 rings (SSSR count). The van der Waals surface area contributed by atoms with Crippen LogP contribution in [0.5, 0.6) is 0 Å². The molecule has 0 N–H and O–H groups in total. The lowest BCUT2D eigenvalue weighted by molar-refractivity contribution is 0.287. The molecular weight excluding hydrogens is 246 g/mol. The van der Waals surface area contributed by atoms with Crippen molar-refractivity contribution in [3.8, 4) is 0 Å². The summed E-state index contributed by atoms with van der Waals surface area (Å²) in [5.74, 6) is 0.609. The Morgan fingerprint density at radius 1 is 1.17 bits per heavy atom. The fraction of sp³-hybridized carbons (Fsp3) is 0.571. The lowest BCUT2D eigenvalue weighted by Crippen LogP contribution is -2.39. The van der Waals surface area contributed by atoms with Gasteiger partial charge in [-0.1, -0.05) is 43.7 Å². The molecule has 0 amide bonds. The maximum absolute atomic E-state index is 11.3. The van der Waals surface area contributed by atoms with Crippen LogP contribution in [0.4, 0.5) is 0 Å². The molecule has 0 bridgehead atoms. The van der Waals surface area contributed by atoms with E-state index in [-0.39, 0.29) is 0 Å². The first-order valence-electron chi connectivity index (χ1n) is 6.53. The third kappa shape index (κ3) is 4.78. The van der Waals surface area contributed by atoms with Crippen molar-refractivity contribution in [2.45, 2.75) is 27.3 Å². The molecule has 1 saturated heterocycles. The molecule has 0 saturated carbocycles. The molecular formula is C14H23NO2S. The van der Waals surface area contributed by atoms with Crippen molar-refractivity contribution in [1.29, 1.82) is 0 Å². The fourth-order valence-corrected chi connectivity index (χ4v) is 3.25. The van der Waals surface area contributed by atoms with Gasteiger partial charge >= 0.3 is 0 Å². The largest absolute Gasteiger partial charge is 0.297 e. The first-order chi connectivity index (χ1) is 8.55. The van der Waals surface area contributed by atoms with Crippen LogP contribution in [0.3, 0.4) is 0 Å². The number of hydrogen-bond acceptors (Lipinski definition) is 3. The molecule has 102 valence electrons. The highest BCUT2D eigenvalue weighted by Gasteiger charge is 2.21. The molecule has 0 spiro atoms. The zero-order valence-electron chi connectivity index (χ0n) is 11.5. The smallest absolute Gasteiger partial charge is 0.152 e. The van der Waals surface area contributed by atoms with E-state index in [4.69, 9.17) is 0 Å². The zero-order chi connectivity index (χ0) is 13.6. The predicted octanol–water partition coefficient (Wildman–Crippen LogP) is 2.25. The molecule has 1 aliphatic rings. The summed E-state index contributed by atoms with van der Waals surface area (Å²) in [7, 11) is -2.76. The number of sulfone groups is 1. The molecule has 0 atom stereocenters. The average molecular weight is 269 g/mol. The number of aryl methyl sites for hydroxylation is 1. The Balaban J connectivity index is 0.000000771. The van der Waals surface area contributed by atoms with Crippen LogP contribution in [-0.2, 0) is 16.4 Å². The van der Waals surface area contributed by atoms with Crippen LogP contribution in [0.25, 0.3) is 0 Å². The summed E-state index contributed by atoms with van der Waals surface area (Å²) in [5, 5.41) is 0. The standard InChI is InChI=1S/C12H17NO2S.C2H6/c1-11-3-2-4-12(9-11)10-13-5-7-16(14,15)8-6-13;1-2/h2-4,9H,5-8,10H2,1H3;1-2H3. The van der Waals surface area contributed by atoms with E-state index in [1.54, 1.807) is 0 Å². The molecule has 1 fully saturated rings. The van der Waals surface area contributed by atoms with E-state index in [2.05, 4.69) is 30.0 Å². The molecule has 1 aromatic rings. The van der Waals surface area contributed by atoms with Crippen molar-refractivity contribution in [3.63, 3.8) is 0 Å². The third-order valence-electron chi connectivity index (χ3n) is 2.93. The normalized spacial score (nSPS) is 18.8. The number of nitrogens with zero attached hydrogens (tertiary/aromatic N) is 1. The predicted molar refractivity (Wildman–Crippen MR) is 76.5 cm³/mol. The molecule has 3 nitrogen and oxygen atoms in total. The highest BCUT2D eigenvalue weighted by Crippen LogP contribution is 2.10. The number of rotatable bonds is 2. The Bertz CT molecular complexity index is 454. The Labute approximate surface area is 111 Å². The van der Waals surface area contributed by atoms with Gasteiger partial charge in [0.2, 0.25) is 0 Å². The van der Waals surface area contributed by atoms with Gasteiger partial charge in [-0.25, -0.2) is 8.42 Å². The summed E-state index contributed by atoms with van der Waals surface area (Å²) < 4.78 is 22.6. The molecule has 0 unspecified atom stereocenters. The maximum Gasteiger partial charge on any atom is 0.152 e.